The highest BCUT2D eigenvalue weighted by molar-refractivity contribution is 6.10. The quantitative estimate of drug-likeness (QED) is 0.723. The molecule has 25 heavy (non-hydrogen) atoms. The zero-order chi connectivity index (χ0) is 17.6. The summed E-state index contributed by atoms with van der Waals surface area (Å²) in [6, 6.07) is 0. The molecule has 0 aromatic carbocycles. The second kappa shape index (κ2) is 5.54. The molecule has 0 bridgehead atoms. The number of anilines is 1. The third-order valence-electron chi connectivity index (χ3n) is 4.28. The van der Waals surface area contributed by atoms with Gasteiger partial charge in [0, 0.05) is 12.5 Å². The lowest BCUT2D eigenvalue weighted by Gasteiger charge is -2.13. The van der Waals surface area contributed by atoms with Gasteiger partial charge in [-0.05, 0) is 26.7 Å². The summed E-state index contributed by atoms with van der Waals surface area (Å²) in [7, 11) is 0. The number of nitrogens with zero attached hydrogens (tertiary/aromatic N) is 4. The van der Waals surface area contributed by atoms with Gasteiger partial charge in [0.2, 0.25) is 17.5 Å². The SMILES string of the molecule is Cc1nnc(CNC(=O)c2c(C)oc3ncnc(NC4(C)CC4)c23)o1. The van der Waals surface area contributed by atoms with Crippen molar-refractivity contribution in [3.05, 3.63) is 29.4 Å². The molecule has 3 aromatic heterocycles. The molecule has 0 atom stereocenters. The molecule has 3 aromatic rings. The van der Waals surface area contributed by atoms with Gasteiger partial charge in [0.15, 0.2) is 0 Å². The van der Waals surface area contributed by atoms with Crippen LogP contribution in [0.15, 0.2) is 15.2 Å². The summed E-state index contributed by atoms with van der Waals surface area (Å²) in [6.45, 7) is 5.68. The van der Waals surface area contributed by atoms with Gasteiger partial charge in [-0.3, -0.25) is 4.79 Å². The van der Waals surface area contributed by atoms with E-state index in [4.69, 9.17) is 8.83 Å². The zero-order valence-corrected chi connectivity index (χ0v) is 14.2. The molecule has 2 N–H and O–H groups in total. The largest absolute Gasteiger partial charge is 0.442 e. The number of rotatable bonds is 5. The van der Waals surface area contributed by atoms with Gasteiger partial charge >= 0.3 is 0 Å². The normalized spacial score (nSPS) is 15.3. The van der Waals surface area contributed by atoms with Gasteiger partial charge in [-0.25, -0.2) is 9.97 Å². The van der Waals surface area contributed by atoms with Gasteiger partial charge < -0.3 is 19.5 Å². The van der Waals surface area contributed by atoms with E-state index in [1.54, 1.807) is 13.8 Å². The Balaban J connectivity index is 1.65. The molecule has 1 amide bonds. The maximum absolute atomic E-state index is 12.7. The highest BCUT2D eigenvalue weighted by Crippen LogP contribution is 2.40. The van der Waals surface area contributed by atoms with E-state index < -0.39 is 0 Å². The van der Waals surface area contributed by atoms with Crippen LogP contribution in [0, 0.1) is 13.8 Å². The fraction of sp³-hybridized carbons (Fsp3) is 0.438. The lowest BCUT2D eigenvalue weighted by atomic mass is 10.1. The Morgan fingerprint density at radius 3 is 2.72 bits per heavy atom. The van der Waals surface area contributed by atoms with Crippen molar-refractivity contribution in [1.29, 1.82) is 0 Å². The van der Waals surface area contributed by atoms with Crippen LogP contribution >= 0.6 is 0 Å². The Hall–Kier alpha value is -2.97. The molecule has 130 valence electrons. The van der Waals surface area contributed by atoms with Gasteiger partial charge in [-0.2, -0.15) is 0 Å². The highest BCUT2D eigenvalue weighted by atomic mass is 16.4. The number of hydrogen-bond acceptors (Lipinski definition) is 8. The minimum Gasteiger partial charge on any atom is -0.442 e. The molecule has 0 spiro atoms. The number of fused-ring (bicyclic) bond motifs is 1. The van der Waals surface area contributed by atoms with Crippen LogP contribution in [0.3, 0.4) is 0 Å². The van der Waals surface area contributed by atoms with Gasteiger partial charge in [-0.15, -0.1) is 10.2 Å². The van der Waals surface area contributed by atoms with Crippen LogP contribution < -0.4 is 10.6 Å². The lowest BCUT2D eigenvalue weighted by molar-refractivity contribution is 0.0947. The predicted molar refractivity (Wildman–Crippen MR) is 88.0 cm³/mol. The molecule has 3 heterocycles. The third-order valence-corrected chi connectivity index (χ3v) is 4.28. The van der Waals surface area contributed by atoms with E-state index in [-0.39, 0.29) is 18.0 Å². The van der Waals surface area contributed by atoms with Crippen LogP contribution in [0.25, 0.3) is 11.1 Å². The average Bonchev–Trinajstić information content (AvgIpc) is 2.99. The number of amides is 1. The van der Waals surface area contributed by atoms with Crippen molar-refractivity contribution in [2.45, 2.75) is 45.7 Å². The standard InChI is InChI=1S/C16H18N6O3/c1-8-11(14(23)17-6-10-22-21-9(2)25-10)12-13(20-16(3)4-5-16)18-7-19-15(12)24-8/h7H,4-6H2,1-3H3,(H,17,23)(H,18,19,20). The summed E-state index contributed by atoms with van der Waals surface area (Å²) in [5, 5.41) is 14.4. The van der Waals surface area contributed by atoms with Crippen molar-refractivity contribution in [1.82, 2.24) is 25.5 Å². The van der Waals surface area contributed by atoms with Gasteiger partial charge in [0.05, 0.1) is 17.5 Å². The summed E-state index contributed by atoms with van der Waals surface area (Å²) in [6.07, 6.45) is 3.56. The summed E-state index contributed by atoms with van der Waals surface area (Å²) < 4.78 is 10.9. The summed E-state index contributed by atoms with van der Waals surface area (Å²) >= 11 is 0. The Labute approximate surface area is 143 Å². The van der Waals surface area contributed by atoms with Crippen LogP contribution in [0.5, 0.6) is 0 Å². The molecule has 9 nitrogen and oxygen atoms in total. The summed E-state index contributed by atoms with van der Waals surface area (Å²) in [5.41, 5.74) is 0.818. The fourth-order valence-electron chi connectivity index (χ4n) is 2.66. The van der Waals surface area contributed by atoms with E-state index in [2.05, 4.69) is 37.7 Å². The first kappa shape index (κ1) is 15.6. The molecule has 1 fully saturated rings. The monoisotopic (exact) mass is 342 g/mol. The molecular weight excluding hydrogens is 324 g/mol. The van der Waals surface area contributed by atoms with E-state index in [1.807, 2.05) is 0 Å². The molecule has 4 rings (SSSR count). The van der Waals surface area contributed by atoms with Crippen LogP contribution in [-0.2, 0) is 6.54 Å². The molecule has 0 unspecified atom stereocenters. The fourth-order valence-corrected chi connectivity index (χ4v) is 2.66. The minimum absolute atomic E-state index is 0.0154. The van der Waals surface area contributed by atoms with E-state index in [0.717, 1.165) is 12.8 Å². The number of carbonyl (C=O) groups excluding carboxylic acids is 1. The first-order valence-corrected chi connectivity index (χ1v) is 8.05. The first-order valence-electron chi connectivity index (χ1n) is 8.05. The minimum atomic E-state index is -0.300. The van der Waals surface area contributed by atoms with Gasteiger partial charge in [0.1, 0.15) is 17.9 Å². The Morgan fingerprint density at radius 2 is 2.04 bits per heavy atom. The van der Waals surface area contributed by atoms with Crippen LogP contribution in [0.4, 0.5) is 5.82 Å². The smallest absolute Gasteiger partial charge is 0.256 e. The van der Waals surface area contributed by atoms with Crippen LogP contribution in [-0.4, -0.2) is 31.6 Å². The first-order chi connectivity index (χ1) is 12.0. The Kier molecular flexibility index (Phi) is 3.45. The molecule has 1 aliphatic rings. The molecule has 1 aliphatic carbocycles. The summed E-state index contributed by atoms with van der Waals surface area (Å²) in [4.78, 5) is 21.2. The highest BCUT2D eigenvalue weighted by Gasteiger charge is 2.38. The molecule has 0 radical (unpaired) electrons. The molecule has 0 aliphatic heterocycles. The van der Waals surface area contributed by atoms with Crippen molar-refractivity contribution in [2.75, 3.05) is 5.32 Å². The topological polar surface area (TPSA) is 119 Å². The van der Waals surface area contributed by atoms with Crippen molar-refractivity contribution in [3.63, 3.8) is 0 Å². The van der Waals surface area contributed by atoms with Crippen molar-refractivity contribution < 1.29 is 13.6 Å². The van der Waals surface area contributed by atoms with E-state index in [9.17, 15) is 4.79 Å². The van der Waals surface area contributed by atoms with E-state index in [1.165, 1.54) is 6.33 Å². The van der Waals surface area contributed by atoms with Crippen molar-refractivity contribution in [2.24, 2.45) is 0 Å². The van der Waals surface area contributed by atoms with Gasteiger partial charge in [-0.1, -0.05) is 0 Å². The predicted octanol–water partition coefficient (Wildman–Crippen LogP) is 2.12. The molecular formula is C16H18N6O3. The van der Waals surface area contributed by atoms with Crippen molar-refractivity contribution in [3.8, 4) is 0 Å². The maximum atomic E-state index is 12.7. The number of aromatic nitrogens is 4. The number of carbonyl (C=O) groups is 1. The Morgan fingerprint density at radius 1 is 1.24 bits per heavy atom. The maximum Gasteiger partial charge on any atom is 0.256 e. The number of hydrogen-bond donors (Lipinski definition) is 2. The van der Waals surface area contributed by atoms with Crippen LogP contribution in [0.2, 0.25) is 0 Å². The third kappa shape index (κ3) is 2.92. The number of furan rings is 1. The molecule has 0 saturated heterocycles. The molecule has 9 heteroatoms. The lowest BCUT2D eigenvalue weighted by Crippen LogP contribution is -2.24. The van der Waals surface area contributed by atoms with Crippen molar-refractivity contribution >= 4 is 22.8 Å². The summed E-state index contributed by atoms with van der Waals surface area (Å²) in [5.74, 6) is 1.59. The number of nitrogens with one attached hydrogen (secondary N) is 2. The Bertz CT molecular complexity index is 956. The average molecular weight is 342 g/mol. The molecule has 1 saturated carbocycles. The van der Waals surface area contributed by atoms with E-state index >= 15 is 0 Å². The number of aryl methyl sites for hydroxylation is 2. The second-order valence-corrected chi connectivity index (χ2v) is 6.52. The van der Waals surface area contributed by atoms with Crippen LogP contribution in [0.1, 0.15) is 47.7 Å². The van der Waals surface area contributed by atoms with Gasteiger partial charge in [0.25, 0.3) is 5.91 Å². The van der Waals surface area contributed by atoms with E-state index in [0.29, 0.717) is 40.0 Å². The second-order valence-electron chi connectivity index (χ2n) is 6.52. The zero-order valence-electron chi connectivity index (χ0n) is 14.2.